The fraction of sp³-hybridized carbons (Fsp3) is 0.650. The van der Waals surface area contributed by atoms with Gasteiger partial charge in [-0.1, -0.05) is 26.0 Å². The largest absolute Gasteiger partial charge is 0.494 e. The quantitative estimate of drug-likeness (QED) is 0.699. The number of halogens is 1. The van der Waals surface area contributed by atoms with E-state index >= 15 is 0 Å². The minimum atomic E-state index is -0.00499. The van der Waals surface area contributed by atoms with E-state index in [1.165, 1.54) is 5.56 Å². The summed E-state index contributed by atoms with van der Waals surface area (Å²) in [4.78, 5) is 14.3. The number of carbonyl (C=O) groups is 1. The number of likely N-dealkylation sites (tertiary alicyclic amines) is 1. The molecule has 2 N–H and O–H groups in total. The minimum Gasteiger partial charge on any atom is -0.494 e. The van der Waals surface area contributed by atoms with Gasteiger partial charge in [-0.15, -0.1) is 12.4 Å². The molecule has 0 aromatic heterocycles. The van der Waals surface area contributed by atoms with Crippen molar-refractivity contribution < 1.29 is 14.3 Å². The number of ether oxygens (including phenoxy) is 2. The van der Waals surface area contributed by atoms with E-state index in [1.807, 2.05) is 17.0 Å². The second-order valence-electron chi connectivity index (χ2n) is 7.54. The molecule has 1 aliphatic rings. The first kappa shape index (κ1) is 22.7. The molecule has 0 bridgehead atoms. The lowest BCUT2D eigenvalue weighted by atomic mass is 9.79. The summed E-state index contributed by atoms with van der Waals surface area (Å²) in [6.45, 7) is 7.07. The predicted molar refractivity (Wildman–Crippen MR) is 107 cm³/mol. The molecule has 1 aliphatic heterocycles. The van der Waals surface area contributed by atoms with Crippen LogP contribution in [0.5, 0.6) is 5.75 Å². The summed E-state index contributed by atoms with van der Waals surface area (Å²) in [5.74, 6) is 1.05. The van der Waals surface area contributed by atoms with Crippen molar-refractivity contribution in [1.29, 1.82) is 0 Å². The van der Waals surface area contributed by atoms with Crippen LogP contribution < -0.4 is 10.5 Å². The van der Waals surface area contributed by atoms with Crippen molar-refractivity contribution in [1.82, 2.24) is 4.90 Å². The summed E-state index contributed by atoms with van der Waals surface area (Å²) in [6.07, 6.45) is 3.04. The summed E-state index contributed by atoms with van der Waals surface area (Å²) >= 11 is 0. The Morgan fingerprint density at radius 3 is 2.58 bits per heavy atom. The van der Waals surface area contributed by atoms with Crippen LogP contribution in [-0.2, 0) is 16.0 Å². The molecule has 6 heteroatoms. The average molecular weight is 385 g/mol. The van der Waals surface area contributed by atoms with Crippen LogP contribution in [0.1, 0.15) is 38.7 Å². The zero-order chi connectivity index (χ0) is 18.3. The van der Waals surface area contributed by atoms with Crippen molar-refractivity contribution in [2.24, 2.45) is 11.1 Å². The zero-order valence-electron chi connectivity index (χ0n) is 16.2. The van der Waals surface area contributed by atoms with E-state index in [0.717, 1.165) is 44.7 Å². The highest BCUT2D eigenvalue weighted by Crippen LogP contribution is 2.28. The van der Waals surface area contributed by atoms with Crippen LogP contribution in [0.2, 0.25) is 0 Å². The zero-order valence-corrected chi connectivity index (χ0v) is 17.0. The van der Waals surface area contributed by atoms with Crippen LogP contribution in [0, 0.1) is 5.41 Å². The predicted octanol–water partition coefficient (Wildman–Crippen LogP) is 3.04. The SMILES string of the molecule is COCCc1ccc(OCCCC(=O)N2CCC(N)C(C)(C)C2)cc1.Cl. The second-order valence-corrected chi connectivity index (χ2v) is 7.54. The number of hydrogen-bond acceptors (Lipinski definition) is 4. The molecule has 0 saturated carbocycles. The van der Waals surface area contributed by atoms with E-state index in [1.54, 1.807) is 7.11 Å². The van der Waals surface area contributed by atoms with Crippen LogP contribution >= 0.6 is 12.4 Å². The Labute approximate surface area is 163 Å². The summed E-state index contributed by atoms with van der Waals surface area (Å²) in [7, 11) is 1.71. The van der Waals surface area contributed by atoms with Gasteiger partial charge in [0.25, 0.3) is 0 Å². The molecule has 1 heterocycles. The number of nitrogens with zero attached hydrogens (tertiary/aromatic N) is 1. The van der Waals surface area contributed by atoms with E-state index in [9.17, 15) is 4.79 Å². The molecule has 1 fully saturated rings. The summed E-state index contributed by atoms with van der Waals surface area (Å²) in [6, 6.07) is 8.23. The van der Waals surface area contributed by atoms with E-state index in [-0.39, 0.29) is 29.8 Å². The maximum Gasteiger partial charge on any atom is 0.222 e. The Kier molecular flexibility index (Phi) is 9.41. The van der Waals surface area contributed by atoms with Gasteiger partial charge in [0.05, 0.1) is 13.2 Å². The second kappa shape index (κ2) is 10.8. The normalized spacial score (nSPS) is 18.9. The highest BCUT2D eigenvalue weighted by atomic mass is 35.5. The minimum absolute atomic E-state index is 0. The van der Waals surface area contributed by atoms with E-state index in [0.29, 0.717) is 13.0 Å². The van der Waals surface area contributed by atoms with E-state index < -0.39 is 0 Å². The molecule has 2 rings (SSSR count). The van der Waals surface area contributed by atoms with Crippen molar-refractivity contribution in [3.63, 3.8) is 0 Å². The summed E-state index contributed by atoms with van der Waals surface area (Å²) in [5.41, 5.74) is 7.36. The van der Waals surface area contributed by atoms with Crippen molar-refractivity contribution in [3.8, 4) is 5.75 Å². The smallest absolute Gasteiger partial charge is 0.222 e. The molecule has 1 unspecified atom stereocenters. The van der Waals surface area contributed by atoms with Crippen LogP contribution in [0.25, 0.3) is 0 Å². The molecule has 1 atom stereocenters. The molecule has 5 nitrogen and oxygen atoms in total. The number of amides is 1. The number of piperidine rings is 1. The third kappa shape index (κ3) is 6.78. The summed E-state index contributed by atoms with van der Waals surface area (Å²) < 4.78 is 10.8. The number of methoxy groups -OCH3 is 1. The Bertz CT molecular complexity index is 548. The van der Waals surface area contributed by atoms with Crippen molar-refractivity contribution >= 4 is 18.3 Å². The first-order chi connectivity index (χ1) is 11.9. The molecule has 0 aliphatic carbocycles. The Hall–Kier alpha value is -1.30. The molecule has 1 saturated heterocycles. The molecule has 0 spiro atoms. The van der Waals surface area contributed by atoms with Gasteiger partial charge in [0, 0.05) is 32.7 Å². The van der Waals surface area contributed by atoms with Crippen LogP contribution in [0.15, 0.2) is 24.3 Å². The third-order valence-electron chi connectivity index (χ3n) is 4.99. The first-order valence-corrected chi connectivity index (χ1v) is 9.16. The number of nitrogens with two attached hydrogens (primary N) is 1. The van der Waals surface area contributed by atoms with Gasteiger partial charge in [-0.3, -0.25) is 4.79 Å². The van der Waals surface area contributed by atoms with Crippen LogP contribution in [-0.4, -0.2) is 50.3 Å². The van der Waals surface area contributed by atoms with Gasteiger partial charge in [-0.2, -0.15) is 0 Å². The highest BCUT2D eigenvalue weighted by Gasteiger charge is 2.34. The fourth-order valence-electron chi connectivity index (χ4n) is 3.13. The molecule has 0 radical (unpaired) electrons. The number of hydrogen-bond donors (Lipinski definition) is 1. The van der Waals surface area contributed by atoms with Crippen LogP contribution in [0.3, 0.4) is 0 Å². The average Bonchev–Trinajstić information content (AvgIpc) is 2.60. The van der Waals surface area contributed by atoms with Gasteiger partial charge in [0.15, 0.2) is 0 Å². The maximum absolute atomic E-state index is 12.4. The topological polar surface area (TPSA) is 64.8 Å². The Morgan fingerprint density at radius 2 is 1.96 bits per heavy atom. The molecule has 1 aromatic carbocycles. The molecular weight excluding hydrogens is 352 g/mol. The number of rotatable bonds is 8. The summed E-state index contributed by atoms with van der Waals surface area (Å²) in [5, 5.41) is 0. The lowest BCUT2D eigenvalue weighted by molar-refractivity contribution is -0.134. The van der Waals surface area contributed by atoms with Gasteiger partial charge in [-0.05, 0) is 42.4 Å². The van der Waals surface area contributed by atoms with Crippen molar-refractivity contribution in [3.05, 3.63) is 29.8 Å². The van der Waals surface area contributed by atoms with Crippen molar-refractivity contribution in [2.45, 2.75) is 45.6 Å². The molecule has 148 valence electrons. The Morgan fingerprint density at radius 1 is 1.27 bits per heavy atom. The Balaban J connectivity index is 0.00000338. The highest BCUT2D eigenvalue weighted by molar-refractivity contribution is 5.85. The van der Waals surface area contributed by atoms with Gasteiger partial charge < -0.3 is 20.1 Å². The van der Waals surface area contributed by atoms with Gasteiger partial charge in [0.1, 0.15) is 5.75 Å². The molecule has 1 aromatic rings. The van der Waals surface area contributed by atoms with Crippen molar-refractivity contribution in [2.75, 3.05) is 33.4 Å². The first-order valence-electron chi connectivity index (χ1n) is 9.16. The molecular formula is C20H33ClN2O3. The molecule has 1 amide bonds. The van der Waals surface area contributed by atoms with Gasteiger partial charge >= 0.3 is 0 Å². The lowest BCUT2D eigenvalue weighted by Gasteiger charge is -2.42. The van der Waals surface area contributed by atoms with E-state index in [2.05, 4.69) is 26.0 Å². The maximum atomic E-state index is 12.4. The monoisotopic (exact) mass is 384 g/mol. The number of benzene rings is 1. The standard InChI is InChI=1S/C20H32N2O3.ClH/c1-20(2)15-22(12-10-18(20)21)19(23)5-4-13-25-17-8-6-16(7-9-17)11-14-24-3;/h6-9,18H,4-5,10-15,21H2,1-3H3;1H. The van der Waals surface area contributed by atoms with Gasteiger partial charge in [0.2, 0.25) is 5.91 Å². The number of carbonyl (C=O) groups excluding carboxylic acids is 1. The lowest BCUT2D eigenvalue weighted by Crippen LogP contribution is -2.54. The van der Waals surface area contributed by atoms with E-state index in [4.69, 9.17) is 15.2 Å². The van der Waals surface area contributed by atoms with Crippen LogP contribution in [0.4, 0.5) is 0 Å². The fourth-order valence-corrected chi connectivity index (χ4v) is 3.13. The van der Waals surface area contributed by atoms with Gasteiger partial charge in [-0.25, -0.2) is 0 Å². The third-order valence-corrected chi connectivity index (χ3v) is 4.99. The molecule has 26 heavy (non-hydrogen) atoms.